The first-order valence-corrected chi connectivity index (χ1v) is 5.13. The summed E-state index contributed by atoms with van der Waals surface area (Å²) < 4.78 is 2.02. The number of aromatic nitrogens is 2. The van der Waals surface area contributed by atoms with Crippen LogP contribution in [-0.2, 0) is 17.8 Å². The van der Waals surface area contributed by atoms with E-state index in [1.807, 2.05) is 11.5 Å². The highest BCUT2D eigenvalue weighted by atomic mass is 16.1. The van der Waals surface area contributed by atoms with E-state index in [2.05, 4.69) is 10.3 Å². The van der Waals surface area contributed by atoms with Crippen LogP contribution >= 0.6 is 0 Å². The van der Waals surface area contributed by atoms with Crippen LogP contribution in [0, 0.1) is 5.92 Å². The fourth-order valence-corrected chi connectivity index (χ4v) is 1.54. The predicted molar refractivity (Wildman–Crippen MR) is 58.2 cm³/mol. The van der Waals surface area contributed by atoms with Crippen LogP contribution in [0.3, 0.4) is 0 Å². The Hall–Kier alpha value is -1.36. The fraction of sp³-hybridized carbons (Fsp3) is 0.600. The number of amides is 1. The molecule has 0 saturated carbocycles. The normalized spacial score (nSPS) is 12.5. The number of hydrogen-bond donors (Lipinski definition) is 2. The number of nitrogens with two attached hydrogens (primary N) is 1. The number of rotatable bonds is 5. The maximum absolute atomic E-state index is 11.4. The summed E-state index contributed by atoms with van der Waals surface area (Å²) in [6, 6.07) is 0. The van der Waals surface area contributed by atoms with Gasteiger partial charge in [-0.05, 0) is 6.92 Å². The molecule has 1 atom stereocenters. The van der Waals surface area contributed by atoms with Gasteiger partial charge in [0.1, 0.15) is 0 Å². The monoisotopic (exact) mass is 210 g/mol. The van der Waals surface area contributed by atoms with Gasteiger partial charge in [-0.3, -0.25) is 4.79 Å². The first kappa shape index (κ1) is 11.7. The lowest BCUT2D eigenvalue weighted by Gasteiger charge is -2.13. The number of aryl methyl sites for hydroxylation is 1. The minimum Gasteiger partial charge on any atom is -0.359 e. The summed E-state index contributed by atoms with van der Waals surface area (Å²) >= 11 is 0. The van der Waals surface area contributed by atoms with Crippen molar-refractivity contribution < 1.29 is 4.79 Å². The van der Waals surface area contributed by atoms with Crippen molar-refractivity contribution >= 4 is 5.91 Å². The molecule has 0 aliphatic rings. The Bertz CT molecular complexity index is 321. The van der Waals surface area contributed by atoms with Gasteiger partial charge in [0.2, 0.25) is 5.91 Å². The molecule has 3 N–H and O–H groups in total. The van der Waals surface area contributed by atoms with Gasteiger partial charge in [-0.2, -0.15) is 0 Å². The summed E-state index contributed by atoms with van der Waals surface area (Å²) in [4.78, 5) is 15.5. The average molecular weight is 210 g/mol. The molecule has 0 bridgehead atoms. The Balaban J connectivity index is 2.70. The predicted octanol–water partition coefficient (Wildman–Crippen LogP) is -0.234. The topological polar surface area (TPSA) is 72.9 Å². The van der Waals surface area contributed by atoms with Gasteiger partial charge in [0.15, 0.2) is 0 Å². The Morgan fingerprint density at radius 3 is 3.00 bits per heavy atom. The number of carbonyl (C=O) groups excluding carboxylic acids is 1. The van der Waals surface area contributed by atoms with Gasteiger partial charge < -0.3 is 15.6 Å². The molecule has 0 fully saturated rings. The smallest absolute Gasteiger partial charge is 0.224 e. The molecule has 1 amide bonds. The summed E-state index contributed by atoms with van der Waals surface area (Å²) in [5, 5.41) is 2.62. The van der Waals surface area contributed by atoms with Gasteiger partial charge in [0, 0.05) is 38.4 Å². The van der Waals surface area contributed by atoms with Crippen molar-refractivity contribution in [2.75, 3.05) is 13.6 Å². The van der Waals surface area contributed by atoms with Crippen LogP contribution in [0.1, 0.15) is 12.6 Å². The highest BCUT2D eigenvalue weighted by Crippen LogP contribution is 2.08. The standard InChI is InChI=1S/C10H18N4O/c1-3-14-7-13-6-9(14)4-8(5-11)10(15)12-2/h6-8H,3-5,11H2,1-2H3,(H,12,15). The highest BCUT2D eigenvalue weighted by molar-refractivity contribution is 5.78. The van der Waals surface area contributed by atoms with E-state index in [0.717, 1.165) is 12.2 Å². The van der Waals surface area contributed by atoms with Gasteiger partial charge in [0.05, 0.1) is 12.2 Å². The maximum Gasteiger partial charge on any atom is 0.224 e. The second-order valence-electron chi connectivity index (χ2n) is 3.42. The second-order valence-corrected chi connectivity index (χ2v) is 3.42. The molecular weight excluding hydrogens is 192 g/mol. The van der Waals surface area contributed by atoms with Crippen molar-refractivity contribution in [3.63, 3.8) is 0 Å². The molecule has 1 aromatic rings. The molecule has 84 valence electrons. The van der Waals surface area contributed by atoms with Crippen LogP contribution in [0.15, 0.2) is 12.5 Å². The van der Waals surface area contributed by atoms with Crippen LogP contribution in [0.4, 0.5) is 0 Å². The van der Waals surface area contributed by atoms with E-state index in [4.69, 9.17) is 5.73 Å². The zero-order valence-corrected chi connectivity index (χ0v) is 9.23. The Kier molecular flexibility index (Phi) is 4.30. The van der Waals surface area contributed by atoms with Crippen LogP contribution in [0.5, 0.6) is 0 Å². The Labute approximate surface area is 89.7 Å². The summed E-state index contributed by atoms with van der Waals surface area (Å²) in [6.07, 6.45) is 4.20. The quantitative estimate of drug-likeness (QED) is 0.705. The fourth-order valence-electron chi connectivity index (χ4n) is 1.54. The van der Waals surface area contributed by atoms with Crippen molar-refractivity contribution in [1.29, 1.82) is 0 Å². The van der Waals surface area contributed by atoms with Gasteiger partial charge in [-0.25, -0.2) is 4.98 Å². The molecule has 15 heavy (non-hydrogen) atoms. The minimum absolute atomic E-state index is 0.0126. The Morgan fingerprint density at radius 1 is 1.73 bits per heavy atom. The Morgan fingerprint density at radius 2 is 2.47 bits per heavy atom. The van der Waals surface area contributed by atoms with Crippen molar-refractivity contribution in [1.82, 2.24) is 14.9 Å². The minimum atomic E-state index is -0.169. The van der Waals surface area contributed by atoms with Gasteiger partial charge in [-0.1, -0.05) is 0 Å². The van der Waals surface area contributed by atoms with Crippen LogP contribution in [0.25, 0.3) is 0 Å². The van der Waals surface area contributed by atoms with Crippen molar-refractivity contribution in [3.8, 4) is 0 Å². The maximum atomic E-state index is 11.4. The lowest BCUT2D eigenvalue weighted by Crippen LogP contribution is -2.34. The lowest BCUT2D eigenvalue weighted by atomic mass is 10.0. The van der Waals surface area contributed by atoms with Crippen molar-refractivity contribution in [2.45, 2.75) is 19.9 Å². The van der Waals surface area contributed by atoms with E-state index >= 15 is 0 Å². The summed E-state index contributed by atoms with van der Waals surface area (Å²) in [7, 11) is 1.63. The molecule has 1 unspecified atom stereocenters. The van der Waals surface area contributed by atoms with E-state index in [9.17, 15) is 4.79 Å². The molecule has 0 aliphatic heterocycles. The first-order valence-electron chi connectivity index (χ1n) is 5.13. The molecule has 5 nitrogen and oxygen atoms in total. The number of carbonyl (C=O) groups is 1. The van der Waals surface area contributed by atoms with Crippen LogP contribution < -0.4 is 11.1 Å². The molecule has 1 heterocycles. The van der Waals surface area contributed by atoms with Gasteiger partial charge in [0.25, 0.3) is 0 Å². The highest BCUT2D eigenvalue weighted by Gasteiger charge is 2.17. The van der Waals surface area contributed by atoms with E-state index in [1.165, 1.54) is 0 Å². The van der Waals surface area contributed by atoms with Crippen molar-refractivity contribution in [2.24, 2.45) is 11.7 Å². The van der Waals surface area contributed by atoms with E-state index in [0.29, 0.717) is 13.0 Å². The zero-order chi connectivity index (χ0) is 11.3. The first-order chi connectivity index (χ1) is 7.22. The molecule has 1 rings (SSSR count). The summed E-state index contributed by atoms with van der Waals surface area (Å²) in [5.41, 5.74) is 6.62. The largest absolute Gasteiger partial charge is 0.359 e. The summed E-state index contributed by atoms with van der Waals surface area (Å²) in [5.74, 6) is -0.182. The molecule has 5 heteroatoms. The third kappa shape index (κ3) is 2.79. The molecule has 0 aromatic carbocycles. The van der Waals surface area contributed by atoms with E-state index < -0.39 is 0 Å². The lowest BCUT2D eigenvalue weighted by molar-refractivity contribution is -0.124. The molecule has 0 spiro atoms. The van der Waals surface area contributed by atoms with Crippen molar-refractivity contribution in [3.05, 3.63) is 18.2 Å². The third-order valence-electron chi connectivity index (χ3n) is 2.50. The molecule has 0 saturated heterocycles. The summed E-state index contributed by atoms with van der Waals surface area (Å²) in [6.45, 7) is 3.26. The number of hydrogen-bond acceptors (Lipinski definition) is 3. The van der Waals surface area contributed by atoms with Crippen LogP contribution in [0.2, 0.25) is 0 Å². The second kappa shape index (κ2) is 5.50. The average Bonchev–Trinajstić information content (AvgIpc) is 2.71. The SMILES string of the molecule is CCn1cncc1CC(CN)C(=O)NC. The van der Waals surface area contributed by atoms with Crippen LogP contribution in [-0.4, -0.2) is 29.1 Å². The number of nitrogens with zero attached hydrogens (tertiary/aromatic N) is 2. The third-order valence-corrected chi connectivity index (χ3v) is 2.50. The van der Waals surface area contributed by atoms with E-state index in [1.54, 1.807) is 19.6 Å². The molecule has 1 aromatic heterocycles. The van der Waals surface area contributed by atoms with E-state index in [-0.39, 0.29) is 11.8 Å². The van der Waals surface area contributed by atoms with Gasteiger partial charge >= 0.3 is 0 Å². The molecule has 0 aliphatic carbocycles. The van der Waals surface area contributed by atoms with Gasteiger partial charge in [-0.15, -0.1) is 0 Å². The zero-order valence-electron chi connectivity index (χ0n) is 9.23. The number of nitrogens with one attached hydrogen (secondary N) is 1. The molecular formula is C10H18N4O. The number of imidazole rings is 1. The molecule has 0 radical (unpaired) electrons.